The maximum atomic E-state index is 13.3. The first-order valence-corrected chi connectivity index (χ1v) is 6.91. The third-order valence-corrected chi connectivity index (χ3v) is 3.44. The van der Waals surface area contributed by atoms with E-state index in [2.05, 4.69) is 5.10 Å². The van der Waals surface area contributed by atoms with E-state index in [1.54, 1.807) is 0 Å². The first-order valence-electron chi connectivity index (χ1n) is 6.91. The number of aryl methyl sites for hydroxylation is 2. The molecule has 0 bridgehead atoms. The van der Waals surface area contributed by atoms with E-state index in [1.165, 1.54) is 0 Å². The van der Waals surface area contributed by atoms with Crippen LogP contribution in [0.1, 0.15) is 36.8 Å². The van der Waals surface area contributed by atoms with Crippen LogP contribution in [0.5, 0.6) is 0 Å². The highest BCUT2D eigenvalue weighted by molar-refractivity contribution is 5.24. The van der Waals surface area contributed by atoms with E-state index in [0.717, 1.165) is 29.9 Å². The summed E-state index contributed by atoms with van der Waals surface area (Å²) in [4.78, 5) is 0. The Labute approximate surface area is 121 Å². The van der Waals surface area contributed by atoms with Gasteiger partial charge in [0.2, 0.25) is 0 Å². The number of hydrogen-bond donors (Lipinski definition) is 1. The Morgan fingerprint density at radius 1 is 1.14 bits per heavy atom. The van der Waals surface area contributed by atoms with Gasteiger partial charge in [-0.2, -0.15) is 5.10 Å². The first kappa shape index (κ1) is 15.6. The molecule has 3 nitrogen and oxygen atoms in total. The zero-order valence-electron chi connectivity index (χ0n) is 12.0. The van der Waals surface area contributed by atoms with Crippen LogP contribution in [-0.4, -0.2) is 9.78 Å². The summed E-state index contributed by atoms with van der Waals surface area (Å²) in [5, 5.41) is 4.40. The number of aromatic nitrogens is 2. The predicted octanol–water partition coefficient (Wildman–Crippen LogP) is 3.13. The normalized spacial score (nSPS) is 12.7. The molecule has 2 rings (SSSR count). The summed E-state index contributed by atoms with van der Waals surface area (Å²) in [6.45, 7) is 4.64. The number of hydrogen-bond acceptors (Lipinski definition) is 2. The summed E-state index contributed by atoms with van der Waals surface area (Å²) in [6.07, 6.45) is 1.18. The molecule has 0 fully saturated rings. The highest BCUT2D eigenvalue weighted by Crippen LogP contribution is 2.21. The number of halogens is 3. The Morgan fingerprint density at radius 2 is 1.76 bits per heavy atom. The lowest BCUT2D eigenvalue weighted by atomic mass is 10.0. The van der Waals surface area contributed by atoms with Crippen LogP contribution in [0.4, 0.5) is 13.2 Å². The van der Waals surface area contributed by atoms with Gasteiger partial charge in [0.05, 0.1) is 5.69 Å². The molecule has 0 saturated carbocycles. The minimum absolute atomic E-state index is 0.230. The molecule has 0 aliphatic heterocycles. The molecule has 0 aliphatic carbocycles. The first-order chi connectivity index (χ1) is 9.96. The van der Waals surface area contributed by atoms with Gasteiger partial charge in [-0.3, -0.25) is 4.68 Å². The lowest BCUT2D eigenvalue weighted by Gasteiger charge is -2.13. The topological polar surface area (TPSA) is 43.8 Å². The molecule has 0 spiro atoms. The molecule has 1 unspecified atom stereocenters. The third kappa shape index (κ3) is 3.26. The summed E-state index contributed by atoms with van der Waals surface area (Å²) in [5.74, 6) is -3.92. The van der Waals surface area contributed by atoms with Crippen LogP contribution < -0.4 is 5.73 Å². The number of benzene rings is 1. The highest BCUT2D eigenvalue weighted by Gasteiger charge is 2.17. The Hall–Kier alpha value is -1.82. The van der Waals surface area contributed by atoms with E-state index in [1.807, 2.05) is 24.6 Å². The predicted molar refractivity (Wildman–Crippen MR) is 74.2 cm³/mol. The highest BCUT2D eigenvalue weighted by atomic mass is 19.2. The van der Waals surface area contributed by atoms with Crippen LogP contribution in [-0.2, 0) is 19.4 Å². The molecule has 1 aromatic heterocycles. The molecule has 2 N–H and O–H groups in total. The van der Waals surface area contributed by atoms with Crippen molar-refractivity contribution in [2.75, 3.05) is 0 Å². The van der Waals surface area contributed by atoms with E-state index in [9.17, 15) is 13.2 Å². The SMILES string of the molecule is CCc1cc(CC(N)c2cc(F)c(F)c(F)c2)n(CC)n1. The van der Waals surface area contributed by atoms with Crippen molar-refractivity contribution in [3.8, 4) is 0 Å². The summed E-state index contributed by atoms with van der Waals surface area (Å²) < 4.78 is 41.3. The Kier molecular flexibility index (Phi) is 4.67. The van der Waals surface area contributed by atoms with Crippen molar-refractivity contribution in [2.45, 2.75) is 39.3 Å². The fourth-order valence-corrected chi connectivity index (χ4v) is 2.26. The summed E-state index contributed by atoms with van der Waals surface area (Å²) in [7, 11) is 0. The van der Waals surface area contributed by atoms with Crippen LogP contribution in [0, 0.1) is 17.5 Å². The second-order valence-electron chi connectivity index (χ2n) is 4.91. The molecular weight excluding hydrogens is 279 g/mol. The van der Waals surface area contributed by atoms with Crippen LogP contribution in [0.3, 0.4) is 0 Å². The number of nitrogens with two attached hydrogens (primary N) is 1. The molecule has 21 heavy (non-hydrogen) atoms. The van der Waals surface area contributed by atoms with Crippen molar-refractivity contribution >= 4 is 0 Å². The Bertz CT molecular complexity index is 614. The van der Waals surface area contributed by atoms with Gasteiger partial charge in [0, 0.05) is 24.7 Å². The van der Waals surface area contributed by atoms with E-state index in [0.29, 0.717) is 13.0 Å². The average Bonchev–Trinajstić information content (AvgIpc) is 2.86. The van der Waals surface area contributed by atoms with Gasteiger partial charge in [0.25, 0.3) is 0 Å². The van der Waals surface area contributed by atoms with Gasteiger partial charge in [-0.1, -0.05) is 6.92 Å². The molecule has 0 radical (unpaired) electrons. The standard InChI is InChI=1S/C15H18F3N3/c1-3-10-7-11(21(4-2)20-10)8-14(19)9-5-12(16)15(18)13(17)6-9/h5-7,14H,3-4,8,19H2,1-2H3. The summed E-state index contributed by atoms with van der Waals surface area (Å²) >= 11 is 0. The maximum Gasteiger partial charge on any atom is 0.194 e. The van der Waals surface area contributed by atoms with Crippen molar-refractivity contribution in [1.82, 2.24) is 9.78 Å². The Balaban J connectivity index is 2.25. The number of nitrogens with zero attached hydrogens (tertiary/aromatic N) is 2. The molecular formula is C15H18F3N3. The molecule has 2 aromatic rings. The van der Waals surface area contributed by atoms with Crippen LogP contribution >= 0.6 is 0 Å². The van der Waals surface area contributed by atoms with Crippen LogP contribution in [0.2, 0.25) is 0 Å². The maximum absolute atomic E-state index is 13.3. The minimum atomic E-state index is -1.47. The van der Waals surface area contributed by atoms with Crippen molar-refractivity contribution in [1.29, 1.82) is 0 Å². The lowest BCUT2D eigenvalue weighted by molar-refractivity contribution is 0.443. The van der Waals surface area contributed by atoms with Gasteiger partial charge >= 0.3 is 0 Å². The fourth-order valence-electron chi connectivity index (χ4n) is 2.26. The lowest BCUT2D eigenvalue weighted by Crippen LogP contribution is -2.17. The third-order valence-electron chi connectivity index (χ3n) is 3.44. The van der Waals surface area contributed by atoms with Gasteiger partial charge in [-0.25, -0.2) is 13.2 Å². The second-order valence-corrected chi connectivity index (χ2v) is 4.91. The monoisotopic (exact) mass is 297 g/mol. The molecule has 0 aliphatic rings. The summed E-state index contributed by atoms with van der Waals surface area (Å²) in [5.41, 5.74) is 8.06. The van der Waals surface area contributed by atoms with Crippen LogP contribution in [0.15, 0.2) is 18.2 Å². The molecule has 1 atom stereocenters. The van der Waals surface area contributed by atoms with Gasteiger partial charge in [0.1, 0.15) is 0 Å². The second kappa shape index (κ2) is 6.30. The van der Waals surface area contributed by atoms with Crippen molar-refractivity contribution < 1.29 is 13.2 Å². The van der Waals surface area contributed by atoms with Crippen molar-refractivity contribution in [3.05, 3.63) is 52.6 Å². The van der Waals surface area contributed by atoms with Gasteiger partial charge in [-0.05, 0) is 37.1 Å². The molecule has 1 heterocycles. The van der Waals surface area contributed by atoms with E-state index in [-0.39, 0.29) is 5.56 Å². The van der Waals surface area contributed by atoms with Crippen LogP contribution in [0.25, 0.3) is 0 Å². The van der Waals surface area contributed by atoms with E-state index < -0.39 is 23.5 Å². The van der Waals surface area contributed by atoms with Crippen molar-refractivity contribution in [3.63, 3.8) is 0 Å². The number of rotatable bonds is 5. The van der Waals surface area contributed by atoms with Crippen molar-refractivity contribution in [2.24, 2.45) is 5.73 Å². The molecule has 6 heteroatoms. The van der Waals surface area contributed by atoms with Gasteiger partial charge in [0.15, 0.2) is 17.5 Å². The minimum Gasteiger partial charge on any atom is -0.324 e. The Morgan fingerprint density at radius 3 is 2.29 bits per heavy atom. The van der Waals surface area contributed by atoms with E-state index >= 15 is 0 Å². The molecule has 0 amide bonds. The largest absolute Gasteiger partial charge is 0.324 e. The molecule has 1 aromatic carbocycles. The zero-order valence-corrected chi connectivity index (χ0v) is 12.0. The van der Waals surface area contributed by atoms with Gasteiger partial charge < -0.3 is 5.73 Å². The average molecular weight is 297 g/mol. The molecule has 114 valence electrons. The fraction of sp³-hybridized carbons (Fsp3) is 0.400. The quantitative estimate of drug-likeness (QED) is 0.862. The summed E-state index contributed by atoms with van der Waals surface area (Å²) in [6, 6.07) is 3.19. The molecule has 0 saturated heterocycles. The van der Waals surface area contributed by atoms with E-state index in [4.69, 9.17) is 5.73 Å². The van der Waals surface area contributed by atoms with Gasteiger partial charge in [-0.15, -0.1) is 0 Å². The smallest absolute Gasteiger partial charge is 0.194 e. The zero-order chi connectivity index (χ0) is 15.6.